The Morgan fingerprint density at radius 3 is 2.52 bits per heavy atom. The fraction of sp³-hybridized carbons (Fsp3) is 0.364. The van der Waals surface area contributed by atoms with Crippen LogP contribution in [-0.4, -0.2) is 50.9 Å². The second-order valence-corrected chi connectivity index (χ2v) is 6.86. The molecule has 0 saturated carbocycles. The Labute approximate surface area is 170 Å². The van der Waals surface area contributed by atoms with Gasteiger partial charge in [-0.3, -0.25) is 4.79 Å². The Morgan fingerprint density at radius 2 is 1.86 bits per heavy atom. The van der Waals surface area contributed by atoms with E-state index in [0.29, 0.717) is 28.2 Å². The highest BCUT2D eigenvalue weighted by Crippen LogP contribution is 2.29. The van der Waals surface area contributed by atoms with Crippen LogP contribution in [0.5, 0.6) is 11.5 Å². The molecule has 154 valence electrons. The van der Waals surface area contributed by atoms with Gasteiger partial charge in [0.15, 0.2) is 0 Å². The predicted octanol–water partition coefficient (Wildman–Crippen LogP) is 3.04. The first-order valence-corrected chi connectivity index (χ1v) is 9.75. The summed E-state index contributed by atoms with van der Waals surface area (Å²) in [6.07, 6.45) is 1.13. The molecule has 0 spiro atoms. The van der Waals surface area contributed by atoms with Crippen molar-refractivity contribution in [3.05, 3.63) is 46.8 Å². The predicted molar refractivity (Wildman–Crippen MR) is 117 cm³/mol. The van der Waals surface area contributed by atoms with E-state index in [1.807, 2.05) is 24.3 Å². The Hall–Kier alpha value is -3.06. The molecule has 1 heterocycles. The Kier molecular flexibility index (Phi) is 6.72. The number of hydrogen-bond donors (Lipinski definition) is 2. The van der Waals surface area contributed by atoms with E-state index in [-0.39, 0.29) is 5.56 Å². The maximum atomic E-state index is 12.7. The molecular formula is C22H28N4O3. The number of aromatic amines is 1. The van der Waals surface area contributed by atoms with Crippen LogP contribution in [0.2, 0.25) is 0 Å². The van der Waals surface area contributed by atoms with Gasteiger partial charge >= 0.3 is 0 Å². The summed E-state index contributed by atoms with van der Waals surface area (Å²) < 4.78 is 10.6. The number of benzene rings is 2. The number of nitrogens with zero attached hydrogens (tertiary/aromatic N) is 2. The van der Waals surface area contributed by atoms with Crippen molar-refractivity contribution in [3.8, 4) is 22.9 Å². The number of ether oxygens (including phenoxy) is 2. The smallest absolute Gasteiger partial charge is 0.262 e. The van der Waals surface area contributed by atoms with Crippen molar-refractivity contribution in [1.82, 2.24) is 15.3 Å². The Balaban J connectivity index is 1.87. The maximum Gasteiger partial charge on any atom is 0.262 e. The fourth-order valence-corrected chi connectivity index (χ4v) is 3.18. The molecule has 0 fully saturated rings. The number of methoxy groups -OCH3 is 2. The molecule has 0 unspecified atom stereocenters. The SMILES string of the molecule is CCCNCCN(C)c1ccc(-c2nc3cc(OC)cc(OC)c3c(=O)[nH]2)cc1. The third-order valence-corrected chi connectivity index (χ3v) is 4.83. The van der Waals surface area contributed by atoms with E-state index in [4.69, 9.17) is 9.47 Å². The van der Waals surface area contributed by atoms with Crippen molar-refractivity contribution in [1.29, 1.82) is 0 Å². The summed E-state index contributed by atoms with van der Waals surface area (Å²) >= 11 is 0. The summed E-state index contributed by atoms with van der Waals surface area (Å²) in [5, 5.41) is 3.81. The Bertz CT molecular complexity index is 1010. The van der Waals surface area contributed by atoms with Gasteiger partial charge in [-0.25, -0.2) is 4.98 Å². The number of hydrogen-bond acceptors (Lipinski definition) is 6. The van der Waals surface area contributed by atoms with Gasteiger partial charge in [-0.2, -0.15) is 0 Å². The molecule has 0 radical (unpaired) electrons. The van der Waals surface area contributed by atoms with Crippen molar-refractivity contribution in [2.75, 3.05) is 45.8 Å². The van der Waals surface area contributed by atoms with Crippen LogP contribution in [0.3, 0.4) is 0 Å². The maximum absolute atomic E-state index is 12.7. The van der Waals surface area contributed by atoms with Crippen molar-refractivity contribution < 1.29 is 9.47 Å². The lowest BCUT2D eigenvalue weighted by Crippen LogP contribution is -2.29. The zero-order valence-electron chi connectivity index (χ0n) is 17.4. The van der Waals surface area contributed by atoms with Gasteiger partial charge in [-0.15, -0.1) is 0 Å². The molecule has 0 atom stereocenters. The molecule has 2 N–H and O–H groups in total. The van der Waals surface area contributed by atoms with Gasteiger partial charge in [0.2, 0.25) is 0 Å². The lowest BCUT2D eigenvalue weighted by molar-refractivity contribution is 0.397. The number of aromatic nitrogens is 2. The monoisotopic (exact) mass is 396 g/mol. The number of anilines is 1. The third-order valence-electron chi connectivity index (χ3n) is 4.83. The second kappa shape index (κ2) is 9.43. The largest absolute Gasteiger partial charge is 0.497 e. The van der Waals surface area contributed by atoms with Crippen LogP contribution >= 0.6 is 0 Å². The van der Waals surface area contributed by atoms with Crippen molar-refractivity contribution in [2.45, 2.75) is 13.3 Å². The minimum atomic E-state index is -0.243. The molecule has 3 rings (SSSR count). The molecule has 0 aliphatic carbocycles. The third kappa shape index (κ3) is 4.68. The minimum Gasteiger partial charge on any atom is -0.497 e. The summed E-state index contributed by atoms with van der Waals surface area (Å²) in [5.41, 5.74) is 2.24. The summed E-state index contributed by atoms with van der Waals surface area (Å²) in [7, 11) is 5.16. The molecule has 7 nitrogen and oxygen atoms in total. The van der Waals surface area contributed by atoms with Gasteiger partial charge in [-0.05, 0) is 37.2 Å². The molecule has 0 bridgehead atoms. The quantitative estimate of drug-likeness (QED) is 0.541. The van der Waals surface area contributed by atoms with Crippen molar-refractivity contribution >= 4 is 16.6 Å². The normalized spacial score (nSPS) is 10.9. The fourth-order valence-electron chi connectivity index (χ4n) is 3.18. The standard InChI is InChI=1S/C22H28N4O3/c1-5-10-23-11-12-26(2)16-8-6-15(7-9-16)21-24-18-13-17(28-3)14-19(29-4)20(18)22(27)25-21/h6-9,13-14,23H,5,10-12H2,1-4H3,(H,24,25,27). The van der Waals surface area contributed by atoms with E-state index in [0.717, 1.165) is 37.3 Å². The van der Waals surface area contributed by atoms with Crippen LogP contribution in [0.1, 0.15) is 13.3 Å². The Morgan fingerprint density at radius 1 is 1.10 bits per heavy atom. The van der Waals surface area contributed by atoms with Crippen molar-refractivity contribution in [3.63, 3.8) is 0 Å². The first-order valence-electron chi connectivity index (χ1n) is 9.75. The average molecular weight is 396 g/mol. The van der Waals surface area contributed by atoms with Gasteiger partial charge in [0.1, 0.15) is 22.7 Å². The molecule has 0 aliphatic heterocycles. The van der Waals surface area contributed by atoms with E-state index in [1.165, 1.54) is 7.11 Å². The lowest BCUT2D eigenvalue weighted by atomic mass is 10.1. The molecule has 0 saturated heterocycles. The second-order valence-electron chi connectivity index (χ2n) is 6.86. The molecular weight excluding hydrogens is 368 g/mol. The highest BCUT2D eigenvalue weighted by Gasteiger charge is 2.13. The van der Waals surface area contributed by atoms with Gasteiger partial charge in [0, 0.05) is 43.5 Å². The number of rotatable bonds is 9. The highest BCUT2D eigenvalue weighted by molar-refractivity contribution is 5.87. The van der Waals surface area contributed by atoms with Gasteiger partial charge in [-0.1, -0.05) is 6.92 Å². The molecule has 29 heavy (non-hydrogen) atoms. The van der Waals surface area contributed by atoms with Crippen LogP contribution in [0, 0.1) is 0 Å². The van der Waals surface area contributed by atoms with E-state index >= 15 is 0 Å². The number of H-pyrrole nitrogens is 1. The molecule has 2 aromatic carbocycles. The minimum absolute atomic E-state index is 0.243. The zero-order valence-corrected chi connectivity index (χ0v) is 17.4. The van der Waals surface area contributed by atoms with E-state index in [2.05, 4.69) is 34.2 Å². The van der Waals surface area contributed by atoms with Crippen LogP contribution in [-0.2, 0) is 0 Å². The first kappa shape index (κ1) is 20.7. The van der Waals surface area contributed by atoms with Gasteiger partial charge < -0.3 is 24.7 Å². The van der Waals surface area contributed by atoms with Crippen LogP contribution in [0.15, 0.2) is 41.2 Å². The van der Waals surface area contributed by atoms with Gasteiger partial charge in [0.25, 0.3) is 5.56 Å². The topological polar surface area (TPSA) is 79.5 Å². The first-order chi connectivity index (χ1) is 14.1. The molecule has 1 aromatic heterocycles. The number of likely N-dealkylation sites (N-methyl/N-ethyl adjacent to an activating group) is 1. The summed E-state index contributed by atoms with van der Waals surface area (Å²) in [6.45, 7) is 5.05. The van der Waals surface area contributed by atoms with Crippen LogP contribution < -0.4 is 25.2 Å². The number of nitrogens with one attached hydrogen (secondary N) is 2. The van der Waals surface area contributed by atoms with Crippen LogP contribution in [0.4, 0.5) is 5.69 Å². The zero-order chi connectivity index (χ0) is 20.8. The molecule has 0 amide bonds. The summed E-state index contributed by atoms with van der Waals surface area (Å²) in [4.78, 5) is 22.4. The van der Waals surface area contributed by atoms with Gasteiger partial charge in [0.05, 0.1) is 19.7 Å². The molecule has 0 aliphatic rings. The van der Waals surface area contributed by atoms with E-state index in [9.17, 15) is 4.79 Å². The molecule has 7 heteroatoms. The van der Waals surface area contributed by atoms with E-state index < -0.39 is 0 Å². The van der Waals surface area contributed by atoms with Crippen LogP contribution in [0.25, 0.3) is 22.3 Å². The lowest BCUT2D eigenvalue weighted by Gasteiger charge is -2.19. The average Bonchev–Trinajstić information content (AvgIpc) is 2.75. The van der Waals surface area contributed by atoms with E-state index in [1.54, 1.807) is 19.2 Å². The number of fused-ring (bicyclic) bond motifs is 1. The summed E-state index contributed by atoms with van der Waals surface area (Å²) in [5.74, 6) is 1.54. The molecule has 3 aromatic rings. The van der Waals surface area contributed by atoms with Crippen molar-refractivity contribution in [2.24, 2.45) is 0 Å². The highest BCUT2D eigenvalue weighted by atomic mass is 16.5. The summed E-state index contributed by atoms with van der Waals surface area (Å²) in [6, 6.07) is 11.4.